The summed E-state index contributed by atoms with van der Waals surface area (Å²) in [4.78, 5) is 36.7. The Hall–Kier alpha value is -1.47. The Bertz CT molecular complexity index is 405. The van der Waals surface area contributed by atoms with E-state index < -0.39 is 35.5 Å². The summed E-state index contributed by atoms with van der Waals surface area (Å²) in [6.45, 7) is 0.0960. The highest BCUT2D eigenvalue weighted by Gasteiger charge is 2.59. The van der Waals surface area contributed by atoms with Crippen molar-refractivity contribution in [1.29, 1.82) is 0 Å². The van der Waals surface area contributed by atoms with Crippen molar-refractivity contribution in [3.05, 3.63) is 0 Å². The standard InChI is InChI=1S/C11H13NO6/c13-8-6-1-2-7(18-6)9(14)12(8)11(10(15)16)3-4-17-5-11/h6-7H,1-5H2,(H,15,16). The lowest BCUT2D eigenvalue weighted by Crippen LogP contribution is -2.65. The summed E-state index contributed by atoms with van der Waals surface area (Å²) >= 11 is 0. The average Bonchev–Trinajstić information content (AvgIpc) is 2.96. The summed E-state index contributed by atoms with van der Waals surface area (Å²) in [6, 6.07) is 0. The molecule has 2 amide bonds. The van der Waals surface area contributed by atoms with Crippen molar-refractivity contribution >= 4 is 17.8 Å². The molecule has 0 aromatic carbocycles. The number of fused-ring (bicyclic) bond motifs is 2. The van der Waals surface area contributed by atoms with Crippen LogP contribution in [-0.2, 0) is 23.9 Å². The van der Waals surface area contributed by atoms with E-state index in [2.05, 4.69) is 0 Å². The first kappa shape index (κ1) is 11.6. The molecule has 7 heteroatoms. The SMILES string of the molecule is O=C1C2CCC(O2)C(=O)N1C1(C(=O)O)CCOC1. The van der Waals surface area contributed by atoms with Crippen LogP contribution in [0, 0.1) is 0 Å². The highest BCUT2D eigenvalue weighted by Crippen LogP contribution is 2.36. The number of hydrogen-bond acceptors (Lipinski definition) is 5. The largest absolute Gasteiger partial charge is 0.479 e. The average molecular weight is 255 g/mol. The lowest BCUT2D eigenvalue weighted by Gasteiger charge is -2.39. The van der Waals surface area contributed by atoms with E-state index in [1.54, 1.807) is 0 Å². The fourth-order valence-electron chi connectivity index (χ4n) is 2.81. The van der Waals surface area contributed by atoms with E-state index in [0.717, 1.165) is 4.90 Å². The van der Waals surface area contributed by atoms with Crippen molar-refractivity contribution in [3.8, 4) is 0 Å². The molecule has 7 nitrogen and oxygen atoms in total. The van der Waals surface area contributed by atoms with Crippen LogP contribution in [0.2, 0.25) is 0 Å². The normalized spacial score (nSPS) is 39.4. The smallest absolute Gasteiger partial charge is 0.332 e. The van der Waals surface area contributed by atoms with Crippen LogP contribution in [0.4, 0.5) is 0 Å². The van der Waals surface area contributed by atoms with Crippen LogP contribution in [0.1, 0.15) is 19.3 Å². The molecular formula is C11H13NO6. The lowest BCUT2D eigenvalue weighted by atomic mass is 9.94. The fraction of sp³-hybridized carbons (Fsp3) is 0.727. The van der Waals surface area contributed by atoms with E-state index in [9.17, 15) is 19.5 Å². The number of imide groups is 1. The Morgan fingerprint density at radius 2 is 1.89 bits per heavy atom. The summed E-state index contributed by atoms with van der Waals surface area (Å²) < 4.78 is 10.4. The zero-order valence-electron chi connectivity index (χ0n) is 9.63. The van der Waals surface area contributed by atoms with Gasteiger partial charge in [-0.2, -0.15) is 0 Å². The van der Waals surface area contributed by atoms with Gasteiger partial charge in [0, 0.05) is 13.0 Å². The number of carboxylic acids is 1. The number of aliphatic carboxylic acids is 1. The molecule has 3 aliphatic heterocycles. The van der Waals surface area contributed by atoms with Crippen molar-refractivity contribution in [1.82, 2.24) is 4.90 Å². The van der Waals surface area contributed by atoms with Crippen molar-refractivity contribution in [2.75, 3.05) is 13.2 Å². The third-order valence-electron chi connectivity index (χ3n) is 3.84. The number of morpholine rings is 1. The first-order chi connectivity index (χ1) is 8.56. The maximum Gasteiger partial charge on any atom is 0.332 e. The Morgan fingerprint density at radius 1 is 1.28 bits per heavy atom. The molecule has 3 heterocycles. The zero-order chi connectivity index (χ0) is 12.9. The number of carboxylic acid groups (broad SMARTS) is 1. The molecule has 98 valence electrons. The Labute approximate surface area is 103 Å². The van der Waals surface area contributed by atoms with Crippen LogP contribution in [0.3, 0.4) is 0 Å². The van der Waals surface area contributed by atoms with Crippen LogP contribution >= 0.6 is 0 Å². The van der Waals surface area contributed by atoms with Crippen molar-refractivity contribution in [2.45, 2.75) is 37.0 Å². The second kappa shape index (κ2) is 3.76. The summed E-state index contributed by atoms with van der Waals surface area (Å²) in [7, 11) is 0. The van der Waals surface area contributed by atoms with E-state index in [1.165, 1.54) is 0 Å². The predicted molar refractivity (Wildman–Crippen MR) is 55.6 cm³/mol. The van der Waals surface area contributed by atoms with E-state index in [1.807, 2.05) is 0 Å². The maximum atomic E-state index is 12.2. The van der Waals surface area contributed by atoms with Gasteiger partial charge in [-0.1, -0.05) is 0 Å². The molecule has 0 radical (unpaired) electrons. The van der Waals surface area contributed by atoms with Crippen LogP contribution in [0.5, 0.6) is 0 Å². The first-order valence-corrected chi connectivity index (χ1v) is 5.91. The van der Waals surface area contributed by atoms with E-state index >= 15 is 0 Å². The number of hydrogen-bond donors (Lipinski definition) is 1. The van der Waals surface area contributed by atoms with Crippen LogP contribution in [0.15, 0.2) is 0 Å². The second-order valence-electron chi connectivity index (χ2n) is 4.84. The first-order valence-electron chi connectivity index (χ1n) is 5.91. The Kier molecular flexibility index (Phi) is 2.43. The number of amides is 2. The third kappa shape index (κ3) is 1.34. The number of rotatable bonds is 2. The summed E-state index contributed by atoms with van der Waals surface area (Å²) in [6.07, 6.45) is -0.266. The van der Waals surface area contributed by atoms with Gasteiger partial charge in [-0.25, -0.2) is 4.79 Å². The quantitative estimate of drug-likeness (QED) is 0.646. The molecule has 3 fully saturated rings. The van der Waals surface area contributed by atoms with Gasteiger partial charge < -0.3 is 14.6 Å². The molecule has 3 unspecified atom stereocenters. The molecule has 3 aliphatic rings. The Morgan fingerprint density at radius 3 is 2.33 bits per heavy atom. The van der Waals surface area contributed by atoms with Gasteiger partial charge in [0.05, 0.1) is 6.61 Å². The number of ether oxygens (including phenoxy) is 2. The maximum absolute atomic E-state index is 12.2. The van der Waals surface area contributed by atoms with Gasteiger partial charge in [-0.3, -0.25) is 14.5 Å². The summed E-state index contributed by atoms with van der Waals surface area (Å²) in [5, 5.41) is 9.38. The number of carbonyl (C=O) groups is 3. The Balaban J connectivity index is 2.01. The number of likely N-dealkylation sites (tertiary alicyclic amines) is 1. The van der Waals surface area contributed by atoms with Gasteiger partial charge in [-0.15, -0.1) is 0 Å². The van der Waals surface area contributed by atoms with E-state index in [4.69, 9.17) is 9.47 Å². The molecule has 1 N–H and O–H groups in total. The van der Waals surface area contributed by atoms with Crippen LogP contribution in [-0.4, -0.2) is 58.8 Å². The topological polar surface area (TPSA) is 93.1 Å². The van der Waals surface area contributed by atoms with E-state index in [-0.39, 0.29) is 19.6 Å². The number of nitrogens with zero attached hydrogens (tertiary/aromatic N) is 1. The minimum Gasteiger partial charge on any atom is -0.479 e. The van der Waals surface area contributed by atoms with Crippen LogP contribution < -0.4 is 0 Å². The highest BCUT2D eigenvalue weighted by molar-refractivity contribution is 6.06. The lowest BCUT2D eigenvalue weighted by molar-refractivity contribution is -0.183. The molecule has 0 aromatic rings. The molecule has 3 atom stereocenters. The van der Waals surface area contributed by atoms with Crippen LogP contribution in [0.25, 0.3) is 0 Å². The van der Waals surface area contributed by atoms with Gasteiger partial charge in [0.25, 0.3) is 11.8 Å². The van der Waals surface area contributed by atoms with Crippen molar-refractivity contribution in [2.24, 2.45) is 0 Å². The zero-order valence-corrected chi connectivity index (χ0v) is 9.63. The molecule has 3 rings (SSSR count). The summed E-state index contributed by atoms with van der Waals surface area (Å²) in [5.74, 6) is -2.27. The second-order valence-corrected chi connectivity index (χ2v) is 4.84. The molecule has 0 saturated carbocycles. The predicted octanol–water partition coefficient (Wildman–Crippen LogP) is -0.853. The molecular weight excluding hydrogens is 242 g/mol. The van der Waals surface area contributed by atoms with Crippen molar-refractivity contribution in [3.63, 3.8) is 0 Å². The van der Waals surface area contributed by atoms with Gasteiger partial charge in [0.15, 0.2) is 5.54 Å². The molecule has 2 bridgehead atoms. The molecule has 0 aliphatic carbocycles. The van der Waals surface area contributed by atoms with Gasteiger partial charge in [0.1, 0.15) is 12.2 Å². The molecule has 18 heavy (non-hydrogen) atoms. The monoisotopic (exact) mass is 255 g/mol. The van der Waals surface area contributed by atoms with Gasteiger partial charge >= 0.3 is 5.97 Å². The fourth-order valence-corrected chi connectivity index (χ4v) is 2.81. The van der Waals surface area contributed by atoms with Gasteiger partial charge in [-0.05, 0) is 12.8 Å². The molecule has 0 aromatic heterocycles. The molecule has 0 spiro atoms. The highest BCUT2D eigenvalue weighted by atomic mass is 16.5. The minimum atomic E-state index is -1.54. The summed E-state index contributed by atoms with van der Waals surface area (Å²) in [5.41, 5.74) is -1.54. The number of carbonyl (C=O) groups excluding carboxylic acids is 2. The third-order valence-corrected chi connectivity index (χ3v) is 3.84. The molecule has 3 saturated heterocycles. The van der Waals surface area contributed by atoms with Gasteiger partial charge in [0.2, 0.25) is 0 Å². The minimum absolute atomic E-state index is 0.138. The van der Waals surface area contributed by atoms with Crippen molar-refractivity contribution < 1.29 is 29.0 Å². The van der Waals surface area contributed by atoms with E-state index in [0.29, 0.717) is 12.8 Å².